The first-order valence-electron chi connectivity index (χ1n) is 7.70. The molecule has 1 aliphatic carbocycles. The predicted molar refractivity (Wildman–Crippen MR) is 83.3 cm³/mol. The van der Waals surface area contributed by atoms with E-state index in [1.54, 1.807) is 0 Å². The van der Waals surface area contributed by atoms with Gasteiger partial charge in [-0.1, -0.05) is 6.07 Å². The van der Waals surface area contributed by atoms with Gasteiger partial charge in [0.25, 0.3) is 0 Å². The third-order valence-electron chi connectivity index (χ3n) is 4.83. The molecule has 1 aromatic rings. The summed E-state index contributed by atoms with van der Waals surface area (Å²) in [6.07, 6.45) is 2.26. The number of carbonyl (C=O) groups excluding carboxylic acids is 1. The molecule has 0 spiro atoms. The number of rotatable bonds is 3. The molecule has 0 amide bonds. The van der Waals surface area contributed by atoms with Gasteiger partial charge in [0.1, 0.15) is 5.69 Å². The topological polar surface area (TPSA) is 57.7 Å². The molecule has 0 atom stereocenters. The van der Waals surface area contributed by atoms with Crippen molar-refractivity contribution in [1.82, 2.24) is 4.98 Å². The highest BCUT2D eigenvalue weighted by atomic mass is 16.7. The van der Waals surface area contributed by atoms with Crippen LogP contribution >= 0.6 is 0 Å². The van der Waals surface area contributed by atoms with Crippen LogP contribution in [-0.2, 0) is 14.0 Å². The third kappa shape index (κ3) is 2.54. The average Bonchev–Trinajstić information content (AvgIpc) is 3.26. The standard InChI is InChI=1S/C16H22BNO4/c1-15(2)16(3,4)22-17(21-15)11-8-9-12(10-6-7-10)18-13(11)14(19)20-5/h8-10H,6-7H2,1-5H3. The maximum Gasteiger partial charge on any atom is 0.497 e. The van der Waals surface area contributed by atoms with Crippen molar-refractivity contribution >= 4 is 18.6 Å². The molecule has 0 unspecified atom stereocenters. The molecule has 2 fully saturated rings. The van der Waals surface area contributed by atoms with Crippen molar-refractivity contribution in [3.63, 3.8) is 0 Å². The fraction of sp³-hybridized carbons (Fsp3) is 0.625. The van der Waals surface area contributed by atoms with E-state index in [4.69, 9.17) is 14.0 Å². The number of hydrogen-bond donors (Lipinski definition) is 0. The van der Waals surface area contributed by atoms with Crippen molar-refractivity contribution in [3.8, 4) is 0 Å². The summed E-state index contributed by atoms with van der Waals surface area (Å²) in [5.41, 5.74) is 0.960. The van der Waals surface area contributed by atoms with E-state index in [-0.39, 0.29) is 0 Å². The average molecular weight is 303 g/mol. The molecule has 1 aromatic heterocycles. The van der Waals surface area contributed by atoms with Gasteiger partial charge in [0.15, 0.2) is 0 Å². The van der Waals surface area contributed by atoms with Crippen molar-refractivity contribution in [2.45, 2.75) is 57.7 Å². The summed E-state index contributed by atoms with van der Waals surface area (Å²) in [6, 6.07) is 3.85. The second-order valence-electron chi connectivity index (χ2n) is 7.03. The zero-order valence-electron chi connectivity index (χ0n) is 13.8. The van der Waals surface area contributed by atoms with Crippen molar-refractivity contribution in [3.05, 3.63) is 23.5 Å². The molecular formula is C16H22BNO4. The Labute approximate surface area is 131 Å². The smallest absolute Gasteiger partial charge is 0.464 e. The van der Waals surface area contributed by atoms with Gasteiger partial charge in [-0.3, -0.25) is 0 Å². The van der Waals surface area contributed by atoms with Crippen LogP contribution in [0, 0.1) is 0 Å². The Morgan fingerprint density at radius 3 is 2.32 bits per heavy atom. The molecule has 0 N–H and O–H groups in total. The van der Waals surface area contributed by atoms with Gasteiger partial charge >= 0.3 is 13.1 Å². The summed E-state index contributed by atoms with van der Waals surface area (Å²) in [5, 5.41) is 0. The molecule has 0 bridgehead atoms. The van der Waals surface area contributed by atoms with Crippen LogP contribution in [0.2, 0.25) is 0 Å². The number of ether oxygens (including phenoxy) is 1. The van der Waals surface area contributed by atoms with Gasteiger partial charge in [0.2, 0.25) is 0 Å². The van der Waals surface area contributed by atoms with E-state index in [0.717, 1.165) is 18.5 Å². The zero-order valence-corrected chi connectivity index (χ0v) is 13.8. The number of aromatic nitrogens is 1. The molecule has 3 rings (SSSR count). The van der Waals surface area contributed by atoms with Crippen LogP contribution in [0.1, 0.15) is 62.6 Å². The number of pyridine rings is 1. The van der Waals surface area contributed by atoms with Crippen LogP contribution < -0.4 is 5.46 Å². The predicted octanol–water partition coefficient (Wildman–Crippen LogP) is 2.04. The summed E-state index contributed by atoms with van der Waals surface area (Å²) in [4.78, 5) is 16.6. The van der Waals surface area contributed by atoms with Crippen LogP contribution in [0.15, 0.2) is 12.1 Å². The molecule has 22 heavy (non-hydrogen) atoms. The minimum Gasteiger partial charge on any atom is -0.464 e. The van der Waals surface area contributed by atoms with E-state index in [2.05, 4.69) is 4.98 Å². The normalized spacial score (nSPS) is 22.7. The van der Waals surface area contributed by atoms with Crippen molar-refractivity contribution < 1.29 is 18.8 Å². The number of hydrogen-bond acceptors (Lipinski definition) is 5. The number of nitrogens with zero attached hydrogens (tertiary/aromatic N) is 1. The molecule has 118 valence electrons. The lowest BCUT2D eigenvalue weighted by Gasteiger charge is -2.32. The molecule has 1 aliphatic heterocycles. The van der Waals surface area contributed by atoms with E-state index < -0.39 is 24.3 Å². The molecule has 6 heteroatoms. The number of methoxy groups -OCH3 is 1. The van der Waals surface area contributed by atoms with E-state index in [1.165, 1.54) is 7.11 Å². The van der Waals surface area contributed by atoms with Gasteiger partial charge in [-0.15, -0.1) is 0 Å². The van der Waals surface area contributed by atoms with Crippen LogP contribution in [0.25, 0.3) is 0 Å². The van der Waals surface area contributed by atoms with E-state index in [9.17, 15) is 4.79 Å². The Kier molecular flexibility index (Phi) is 3.57. The third-order valence-corrected chi connectivity index (χ3v) is 4.83. The van der Waals surface area contributed by atoms with Crippen LogP contribution in [0.3, 0.4) is 0 Å². The molecule has 2 heterocycles. The van der Waals surface area contributed by atoms with Crippen molar-refractivity contribution in [1.29, 1.82) is 0 Å². The first-order valence-corrected chi connectivity index (χ1v) is 7.70. The van der Waals surface area contributed by atoms with Crippen LogP contribution in [-0.4, -0.2) is 36.4 Å². The molecule has 1 saturated heterocycles. The van der Waals surface area contributed by atoms with Crippen LogP contribution in [0.5, 0.6) is 0 Å². The quantitative estimate of drug-likeness (QED) is 0.632. The molecule has 0 radical (unpaired) electrons. The zero-order chi connectivity index (χ0) is 16.1. The monoisotopic (exact) mass is 303 g/mol. The van der Waals surface area contributed by atoms with Crippen molar-refractivity contribution in [2.75, 3.05) is 7.11 Å². The summed E-state index contributed by atoms with van der Waals surface area (Å²) in [5.74, 6) is 0.0166. The maximum absolute atomic E-state index is 12.1. The van der Waals surface area contributed by atoms with Gasteiger partial charge < -0.3 is 14.0 Å². The summed E-state index contributed by atoms with van der Waals surface area (Å²) in [6.45, 7) is 7.93. The minimum atomic E-state index is -0.611. The largest absolute Gasteiger partial charge is 0.497 e. The Hall–Kier alpha value is -1.40. The fourth-order valence-corrected chi connectivity index (χ4v) is 2.51. The Morgan fingerprint density at radius 2 is 1.82 bits per heavy atom. The highest BCUT2D eigenvalue weighted by molar-refractivity contribution is 6.63. The summed E-state index contributed by atoms with van der Waals surface area (Å²) < 4.78 is 16.9. The molecule has 2 aliphatic rings. The molecule has 0 aromatic carbocycles. The lowest BCUT2D eigenvalue weighted by Crippen LogP contribution is -2.41. The van der Waals surface area contributed by atoms with Gasteiger partial charge in [-0.25, -0.2) is 9.78 Å². The first-order chi connectivity index (χ1) is 10.2. The fourth-order valence-electron chi connectivity index (χ4n) is 2.51. The van der Waals surface area contributed by atoms with Gasteiger partial charge in [0, 0.05) is 17.1 Å². The summed E-state index contributed by atoms with van der Waals surface area (Å²) in [7, 11) is 0.752. The SMILES string of the molecule is COC(=O)c1nc(C2CC2)ccc1B1OC(C)(C)C(C)(C)O1. The second-order valence-corrected chi connectivity index (χ2v) is 7.03. The highest BCUT2D eigenvalue weighted by Gasteiger charge is 2.52. The first kappa shape index (κ1) is 15.5. The molecular weight excluding hydrogens is 281 g/mol. The summed E-state index contributed by atoms with van der Waals surface area (Å²) >= 11 is 0. The Morgan fingerprint density at radius 1 is 1.23 bits per heavy atom. The van der Waals surface area contributed by atoms with E-state index in [1.807, 2.05) is 39.8 Å². The van der Waals surface area contributed by atoms with Crippen molar-refractivity contribution in [2.24, 2.45) is 0 Å². The number of esters is 1. The lowest BCUT2D eigenvalue weighted by molar-refractivity contribution is 0.00578. The number of carbonyl (C=O) groups is 1. The van der Waals surface area contributed by atoms with Gasteiger partial charge in [-0.2, -0.15) is 0 Å². The van der Waals surface area contributed by atoms with Gasteiger partial charge in [0.05, 0.1) is 18.3 Å². The highest BCUT2D eigenvalue weighted by Crippen LogP contribution is 2.39. The molecule has 1 saturated carbocycles. The van der Waals surface area contributed by atoms with E-state index in [0.29, 0.717) is 17.1 Å². The maximum atomic E-state index is 12.1. The van der Waals surface area contributed by atoms with Crippen LogP contribution in [0.4, 0.5) is 0 Å². The second kappa shape index (κ2) is 5.06. The lowest BCUT2D eigenvalue weighted by atomic mass is 9.77. The Bertz CT molecular complexity index is 594. The minimum absolute atomic E-state index is 0.297. The Balaban J connectivity index is 1.98. The molecule has 5 nitrogen and oxygen atoms in total. The van der Waals surface area contributed by atoms with Gasteiger partial charge in [-0.05, 0) is 46.6 Å². The van der Waals surface area contributed by atoms with E-state index >= 15 is 0 Å².